The first-order valence-electron chi connectivity index (χ1n) is 2.17. The van der Waals surface area contributed by atoms with E-state index < -0.39 is 0 Å². The van der Waals surface area contributed by atoms with Gasteiger partial charge in [0.15, 0.2) is 17.4 Å². The summed E-state index contributed by atoms with van der Waals surface area (Å²) in [6.07, 6.45) is 1.49. The Morgan fingerprint density at radius 2 is 2.11 bits per heavy atom. The molecule has 0 saturated heterocycles. The van der Waals surface area contributed by atoms with Gasteiger partial charge in [0.1, 0.15) is 4.64 Å². The minimum absolute atomic E-state index is 0. The molecule has 0 aliphatic carbocycles. The van der Waals surface area contributed by atoms with Crippen LogP contribution < -0.4 is 0 Å². The normalized spacial score (nSPS) is 8.00. The van der Waals surface area contributed by atoms with E-state index in [0.29, 0.717) is 4.64 Å². The molecule has 0 saturated carbocycles. The topological polar surface area (TPSA) is 25.2 Å². The molecule has 4 heteroatoms. The van der Waals surface area contributed by atoms with Crippen molar-refractivity contribution in [3.63, 3.8) is 0 Å². The molecule has 0 amide bonds. The molecule has 0 unspecified atom stereocenters. The molecule has 0 radical (unpaired) electrons. The van der Waals surface area contributed by atoms with Crippen LogP contribution in [0, 0.1) is 4.64 Å². The van der Waals surface area contributed by atoms with Gasteiger partial charge in [-0.05, 0) is 12.1 Å². The van der Waals surface area contributed by atoms with Gasteiger partial charge in [0.2, 0.25) is 0 Å². The first kappa shape index (κ1) is 8.70. The Balaban J connectivity index is 0.000000640. The SMILES string of the molecule is On1ccccc1=S.[AlH3]. The van der Waals surface area contributed by atoms with E-state index in [1.807, 2.05) is 0 Å². The highest BCUT2D eigenvalue weighted by atomic mass is 32.1. The van der Waals surface area contributed by atoms with Crippen molar-refractivity contribution in [1.82, 2.24) is 4.73 Å². The Labute approximate surface area is 68.8 Å². The third kappa shape index (κ3) is 2.19. The Kier molecular flexibility index (Phi) is 3.55. The van der Waals surface area contributed by atoms with Gasteiger partial charge in [0.25, 0.3) is 0 Å². The van der Waals surface area contributed by atoms with E-state index in [2.05, 4.69) is 12.2 Å². The van der Waals surface area contributed by atoms with Crippen LogP contribution in [0.2, 0.25) is 0 Å². The number of nitrogens with zero attached hydrogens (tertiary/aromatic N) is 1. The monoisotopic (exact) mass is 157 g/mol. The Morgan fingerprint density at radius 1 is 1.44 bits per heavy atom. The lowest BCUT2D eigenvalue weighted by molar-refractivity contribution is 0.180. The van der Waals surface area contributed by atoms with Gasteiger partial charge in [-0.15, -0.1) is 0 Å². The van der Waals surface area contributed by atoms with Gasteiger partial charge in [0, 0.05) is 6.20 Å². The van der Waals surface area contributed by atoms with Crippen LogP contribution in [0.5, 0.6) is 0 Å². The molecule has 0 fully saturated rings. The zero-order valence-electron chi connectivity index (χ0n) is 4.11. The molecule has 1 N–H and O–H groups in total. The van der Waals surface area contributed by atoms with Gasteiger partial charge in [-0.3, -0.25) is 0 Å². The lowest BCUT2D eigenvalue weighted by Crippen LogP contribution is -1.89. The average Bonchev–Trinajstić information content (AvgIpc) is 1.77. The van der Waals surface area contributed by atoms with Crippen molar-refractivity contribution in [1.29, 1.82) is 0 Å². The predicted molar refractivity (Wildman–Crippen MR) is 42.4 cm³/mol. The number of aromatic nitrogens is 1. The first-order chi connectivity index (χ1) is 3.80. The second-order valence-electron chi connectivity index (χ2n) is 1.38. The van der Waals surface area contributed by atoms with E-state index in [0.717, 1.165) is 4.73 Å². The molecular formula is C5H8AlNOS. The van der Waals surface area contributed by atoms with Gasteiger partial charge in [-0.25, -0.2) is 0 Å². The van der Waals surface area contributed by atoms with Crippen molar-refractivity contribution in [2.75, 3.05) is 0 Å². The maximum absolute atomic E-state index is 8.73. The zero-order chi connectivity index (χ0) is 5.98. The van der Waals surface area contributed by atoms with Crippen molar-refractivity contribution in [2.24, 2.45) is 0 Å². The Morgan fingerprint density at radius 3 is 2.44 bits per heavy atom. The molecule has 1 aromatic rings. The van der Waals surface area contributed by atoms with Gasteiger partial charge < -0.3 is 5.21 Å². The van der Waals surface area contributed by atoms with Crippen LogP contribution in [0.1, 0.15) is 0 Å². The van der Waals surface area contributed by atoms with Crippen LogP contribution in [0.25, 0.3) is 0 Å². The average molecular weight is 157 g/mol. The molecule has 0 aliphatic heterocycles. The summed E-state index contributed by atoms with van der Waals surface area (Å²) in [5.74, 6) is 0. The molecule has 0 atom stereocenters. The van der Waals surface area contributed by atoms with Crippen molar-refractivity contribution in [2.45, 2.75) is 0 Å². The predicted octanol–water partition coefficient (Wildman–Crippen LogP) is 0.271. The minimum atomic E-state index is 0. The third-order valence-electron chi connectivity index (χ3n) is 0.803. The third-order valence-corrected chi connectivity index (χ3v) is 1.13. The highest BCUT2D eigenvalue weighted by molar-refractivity contribution is 7.71. The molecule has 9 heavy (non-hydrogen) atoms. The van der Waals surface area contributed by atoms with Crippen LogP contribution in [-0.4, -0.2) is 27.3 Å². The van der Waals surface area contributed by atoms with Crippen molar-refractivity contribution in [3.8, 4) is 0 Å². The lowest BCUT2D eigenvalue weighted by Gasteiger charge is -1.90. The molecule has 0 spiro atoms. The zero-order valence-corrected chi connectivity index (χ0v) is 4.93. The quantitative estimate of drug-likeness (QED) is 0.332. The maximum Gasteiger partial charge on any atom is 0.187 e. The Hall–Kier alpha value is -0.298. The van der Waals surface area contributed by atoms with Crippen molar-refractivity contribution in [3.05, 3.63) is 29.0 Å². The number of rotatable bonds is 0. The van der Waals surface area contributed by atoms with Crippen molar-refractivity contribution >= 4 is 29.6 Å². The highest BCUT2D eigenvalue weighted by Crippen LogP contribution is 1.86. The summed E-state index contributed by atoms with van der Waals surface area (Å²) < 4.78 is 1.32. The summed E-state index contributed by atoms with van der Waals surface area (Å²) in [6.45, 7) is 0. The molecule has 48 valence electrons. The molecule has 1 aromatic heterocycles. The van der Waals surface area contributed by atoms with E-state index in [9.17, 15) is 0 Å². The summed E-state index contributed by atoms with van der Waals surface area (Å²) in [4.78, 5) is 0. The summed E-state index contributed by atoms with van der Waals surface area (Å²) in [5, 5.41) is 8.73. The van der Waals surface area contributed by atoms with Gasteiger partial charge in [-0.1, -0.05) is 18.3 Å². The standard InChI is InChI=1S/C5H5NOS.Al.3H/c7-6-4-2-1-3-5(6)8;;;;/h1-4,7H;;;;. The largest absolute Gasteiger partial charge is 0.428 e. The molecule has 1 heterocycles. The molecule has 0 bridgehead atoms. The summed E-state index contributed by atoms with van der Waals surface area (Å²) in [7, 11) is 0. The number of pyridine rings is 1. The van der Waals surface area contributed by atoms with E-state index in [4.69, 9.17) is 5.21 Å². The molecule has 1 rings (SSSR count). The fraction of sp³-hybridized carbons (Fsp3) is 0. The minimum Gasteiger partial charge on any atom is -0.428 e. The number of hydrogen-bond acceptors (Lipinski definition) is 2. The second kappa shape index (κ2) is 3.68. The number of hydrogen-bond donors (Lipinski definition) is 1. The van der Waals surface area contributed by atoms with Crippen LogP contribution in [0.4, 0.5) is 0 Å². The maximum atomic E-state index is 8.73. The van der Waals surface area contributed by atoms with E-state index in [1.54, 1.807) is 18.2 Å². The van der Waals surface area contributed by atoms with Crippen molar-refractivity contribution < 1.29 is 5.21 Å². The molecule has 0 aromatic carbocycles. The van der Waals surface area contributed by atoms with Crippen LogP contribution >= 0.6 is 12.2 Å². The van der Waals surface area contributed by atoms with Crippen LogP contribution in [0.3, 0.4) is 0 Å². The lowest BCUT2D eigenvalue weighted by atomic mass is 10.5. The molecule has 2 nitrogen and oxygen atoms in total. The Bertz CT molecular complexity index is 234. The highest BCUT2D eigenvalue weighted by Gasteiger charge is 1.77. The summed E-state index contributed by atoms with van der Waals surface area (Å²) in [6, 6.07) is 5.13. The van der Waals surface area contributed by atoms with Crippen LogP contribution in [0.15, 0.2) is 24.4 Å². The summed E-state index contributed by atoms with van der Waals surface area (Å²) >= 11 is 4.67. The van der Waals surface area contributed by atoms with E-state index >= 15 is 0 Å². The fourth-order valence-corrected chi connectivity index (χ4v) is 0.558. The fourth-order valence-electron chi connectivity index (χ4n) is 0.419. The molecular weight excluding hydrogens is 149 g/mol. The van der Waals surface area contributed by atoms with Gasteiger partial charge in [-0.2, -0.15) is 4.73 Å². The summed E-state index contributed by atoms with van der Waals surface area (Å²) in [5.41, 5.74) is 0. The second-order valence-corrected chi connectivity index (χ2v) is 1.80. The van der Waals surface area contributed by atoms with E-state index in [1.165, 1.54) is 6.20 Å². The smallest absolute Gasteiger partial charge is 0.187 e. The van der Waals surface area contributed by atoms with Crippen LogP contribution in [-0.2, 0) is 0 Å². The molecule has 0 aliphatic rings. The van der Waals surface area contributed by atoms with Gasteiger partial charge >= 0.3 is 0 Å². The first-order valence-corrected chi connectivity index (χ1v) is 2.58. The van der Waals surface area contributed by atoms with E-state index in [-0.39, 0.29) is 17.4 Å². The van der Waals surface area contributed by atoms with Gasteiger partial charge in [0.05, 0.1) is 0 Å².